The van der Waals surface area contributed by atoms with E-state index in [-0.39, 0.29) is 17.7 Å². The van der Waals surface area contributed by atoms with Gasteiger partial charge in [0.1, 0.15) is 5.82 Å². The molecule has 7 nitrogen and oxygen atoms in total. The largest absolute Gasteiger partial charge is 0.353 e. The molecule has 0 radical (unpaired) electrons. The molecule has 0 bridgehead atoms. The lowest BCUT2D eigenvalue weighted by molar-refractivity contribution is -0.121. The van der Waals surface area contributed by atoms with Crippen molar-refractivity contribution in [1.82, 2.24) is 25.2 Å². The smallest absolute Gasteiger partial charge is 0.255 e. The van der Waals surface area contributed by atoms with Crippen LogP contribution < -0.4 is 5.32 Å². The van der Waals surface area contributed by atoms with Crippen LogP contribution in [0.15, 0.2) is 24.5 Å². The van der Waals surface area contributed by atoms with Gasteiger partial charge in [-0.05, 0) is 51.7 Å². The number of amides is 2. The van der Waals surface area contributed by atoms with Crippen LogP contribution in [0.2, 0.25) is 0 Å². The van der Waals surface area contributed by atoms with Crippen LogP contribution >= 0.6 is 0 Å². The summed E-state index contributed by atoms with van der Waals surface area (Å²) in [5.74, 6) is 0.943. The Morgan fingerprint density at radius 1 is 1.10 bits per heavy atom. The molecular weight excluding hydrogens is 390 g/mol. The highest BCUT2D eigenvalue weighted by molar-refractivity contribution is 5.94. The quantitative estimate of drug-likeness (QED) is 0.801. The van der Waals surface area contributed by atoms with Gasteiger partial charge in [0, 0.05) is 54.4 Å². The molecule has 1 saturated carbocycles. The Bertz CT molecular complexity index is 917. The Labute approximate surface area is 183 Å². The van der Waals surface area contributed by atoms with Crippen LogP contribution in [0.3, 0.4) is 0 Å². The second kappa shape index (κ2) is 9.54. The van der Waals surface area contributed by atoms with E-state index in [1.54, 1.807) is 24.5 Å². The molecule has 7 heteroatoms. The van der Waals surface area contributed by atoms with Gasteiger partial charge in [0.15, 0.2) is 0 Å². The van der Waals surface area contributed by atoms with Crippen LogP contribution in [-0.4, -0.2) is 50.8 Å². The van der Waals surface area contributed by atoms with Gasteiger partial charge in [-0.3, -0.25) is 14.6 Å². The van der Waals surface area contributed by atoms with Gasteiger partial charge in [0.25, 0.3) is 5.91 Å². The third kappa shape index (κ3) is 5.09. The summed E-state index contributed by atoms with van der Waals surface area (Å²) in [5.41, 5.74) is 3.25. The summed E-state index contributed by atoms with van der Waals surface area (Å²) in [5, 5.41) is 3.15. The number of carbonyl (C=O) groups excluding carboxylic acids is 2. The molecule has 164 valence electrons. The van der Waals surface area contributed by atoms with Crippen molar-refractivity contribution in [3.63, 3.8) is 0 Å². The number of nitrogens with one attached hydrogen (secondary N) is 1. The van der Waals surface area contributed by atoms with Crippen LogP contribution in [0.25, 0.3) is 0 Å². The van der Waals surface area contributed by atoms with Crippen LogP contribution in [0, 0.1) is 13.8 Å². The summed E-state index contributed by atoms with van der Waals surface area (Å²) in [7, 11) is 0. The lowest BCUT2D eigenvalue weighted by atomic mass is 9.95. The third-order valence-electron chi connectivity index (χ3n) is 6.48. The number of hydrogen-bond acceptors (Lipinski definition) is 5. The molecule has 31 heavy (non-hydrogen) atoms. The van der Waals surface area contributed by atoms with E-state index in [0.29, 0.717) is 24.6 Å². The van der Waals surface area contributed by atoms with Crippen molar-refractivity contribution < 1.29 is 9.59 Å². The van der Waals surface area contributed by atoms with E-state index < -0.39 is 0 Å². The van der Waals surface area contributed by atoms with Crippen molar-refractivity contribution in [1.29, 1.82) is 0 Å². The van der Waals surface area contributed by atoms with Crippen LogP contribution in [0.5, 0.6) is 0 Å². The summed E-state index contributed by atoms with van der Waals surface area (Å²) in [6, 6.07) is 3.90. The fraction of sp³-hybridized carbons (Fsp3) is 0.542. The summed E-state index contributed by atoms with van der Waals surface area (Å²) in [6.07, 6.45) is 10.0. The molecule has 2 aliphatic rings. The number of hydrogen-bond donors (Lipinski definition) is 1. The Morgan fingerprint density at radius 2 is 1.84 bits per heavy atom. The van der Waals surface area contributed by atoms with Crippen molar-refractivity contribution in [3.05, 3.63) is 52.9 Å². The molecule has 1 saturated heterocycles. The minimum Gasteiger partial charge on any atom is -0.353 e. The lowest BCUT2D eigenvalue weighted by Crippen LogP contribution is -2.39. The molecule has 1 N–H and O–H groups in total. The average molecular weight is 422 g/mol. The second-order valence-electron chi connectivity index (χ2n) is 8.79. The second-order valence-corrected chi connectivity index (χ2v) is 8.79. The first-order chi connectivity index (χ1) is 15.0. The molecule has 2 fully saturated rings. The lowest BCUT2D eigenvalue weighted by Gasteiger charge is -2.32. The number of pyridine rings is 1. The summed E-state index contributed by atoms with van der Waals surface area (Å²) in [6.45, 7) is 5.26. The monoisotopic (exact) mass is 421 g/mol. The molecule has 1 atom stereocenters. The number of aromatic nitrogens is 3. The van der Waals surface area contributed by atoms with Gasteiger partial charge in [0.05, 0.1) is 12.0 Å². The summed E-state index contributed by atoms with van der Waals surface area (Å²) < 4.78 is 0. The Balaban J connectivity index is 1.44. The van der Waals surface area contributed by atoms with Gasteiger partial charge in [-0.1, -0.05) is 12.8 Å². The topological polar surface area (TPSA) is 88.1 Å². The van der Waals surface area contributed by atoms with Gasteiger partial charge in [-0.25, -0.2) is 9.97 Å². The molecule has 2 aromatic rings. The molecule has 0 spiro atoms. The van der Waals surface area contributed by atoms with Gasteiger partial charge in [-0.15, -0.1) is 0 Å². The van der Waals surface area contributed by atoms with E-state index in [4.69, 9.17) is 9.97 Å². The van der Waals surface area contributed by atoms with E-state index in [1.165, 1.54) is 12.8 Å². The molecule has 1 aliphatic heterocycles. The molecule has 3 heterocycles. The van der Waals surface area contributed by atoms with Crippen molar-refractivity contribution in [2.45, 2.75) is 70.8 Å². The number of piperidine rings is 1. The van der Waals surface area contributed by atoms with Crippen LogP contribution in [0.1, 0.15) is 77.6 Å². The first-order valence-electron chi connectivity index (χ1n) is 11.3. The Kier molecular flexibility index (Phi) is 6.59. The molecule has 0 aromatic carbocycles. The fourth-order valence-electron chi connectivity index (χ4n) is 4.76. The first-order valence-corrected chi connectivity index (χ1v) is 11.3. The van der Waals surface area contributed by atoms with Gasteiger partial charge in [0.2, 0.25) is 5.91 Å². The predicted octanol–water partition coefficient (Wildman–Crippen LogP) is 3.11. The maximum absolute atomic E-state index is 12.8. The van der Waals surface area contributed by atoms with Crippen LogP contribution in [0.4, 0.5) is 0 Å². The zero-order valence-corrected chi connectivity index (χ0v) is 18.4. The fourth-order valence-corrected chi connectivity index (χ4v) is 4.76. The molecule has 1 unspecified atom stereocenters. The maximum Gasteiger partial charge on any atom is 0.255 e. The van der Waals surface area contributed by atoms with E-state index in [2.05, 4.69) is 10.3 Å². The van der Waals surface area contributed by atoms with E-state index in [1.807, 2.05) is 18.7 Å². The van der Waals surface area contributed by atoms with Crippen molar-refractivity contribution >= 4 is 11.8 Å². The molecule has 2 amide bonds. The van der Waals surface area contributed by atoms with E-state index >= 15 is 0 Å². The SMILES string of the molecule is Cc1nc(C2CCCN(C(=O)c3cccnc3)C2)nc(C)c1CC(=O)NC1CCCC1. The molecule has 4 rings (SSSR count). The van der Waals surface area contributed by atoms with Gasteiger partial charge >= 0.3 is 0 Å². The number of nitrogens with zero attached hydrogens (tertiary/aromatic N) is 4. The highest BCUT2D eigenvalue weighted by Gasteiger charge is 2.28. The Morgan fingerprint density at radius 3 is 2.52 bits per heavy atom. The maximum atomic E-state index is 12.8. The number of aryl methyl sites for hydroxylation is 2. The van der Waals surface area contributed by atoms with Crippen LogP contribution in [-0.2, 0) is 11.2 Å². The van der Waals surface area contributed by atoms with Crippen molar-refractivity contribution in [2.24, 2.45) is 0 Å². The number of carbonyl (C=O) groups is 2. The normalized spacial score (nSPS) is 19.4. The molecule has 2 aromatic heterocycles. The molecular formula is C24H31N5O2. The average Bonchev–Trinajstić information content (AvgIpc) is 3.29. The number of likely N-dealkylation sites (tertiary alicyclic amines) is 1. The zero-order chi connectivity index (χ0) is 21.8. The highest BCUT2D eigenvalue weighted by atomic mass is 16.2. The van der Waals surface area contributed by atoms with E-state index in [9.17, 15) is 9.59 Å². The van der Waals surface area contributed by atoms with Gasteiger partial charge in [-0.2, -0.15) is 0 Å². The number of rotatable bonds is 5. The first kappa shape index (κ1) is 21.4. The Hall–Kier alpha value is -2.83. The summed E-state index contributed by atoms with van der Waals surface area (Å²) in [4.78, 5) is 40.8. The zero-order valence-electron chi connectivity index (χ0n) is 18.4. The standard InChI is InChI=1S/C24H31N5O2/c1-16-21(13-22(30)28-20-9-3-4-10-20)17(2)27-23(26-16)19-8-6-12-29(15-19)24(31)18-7-5-11-25-14-18/h5,7,11,14,19-20H,3-4,6,8-10,12-13,15H2,1-2H3,(H,28,30). The molecule has 1 aliphatic carbocycles. The minimum absolute atomic E-state index is 0.00597. The predicted molar refractivity (Wildman–Crippen MR) is 118 cm³/mol. The summed E-state index contributed by atoms with van der Waals surface area (Å²) >= 11 is 0. The third-order valence-corrected chi connectivity index (χ3v) is 6.48. The van der Waals surface area contributed by atoms with Crippen molar-refractivity contribution in [3.8, 4) is 0 Å². The minimum atomic E-state index is 0.00597. The van der Waals surface area contributed by atoms with Crippen molar-refractivity contribution in [2.75, 3.05) is 13.1 Å². The van der Waals surface area contributed by atoms with E-state index in [0.717, 1.165) is 55.0 Å². The highest BCUT2D eigenvalue weighted by Crippen LogP contribution is 2.27. The van der Waals surface area contributed by atoms with Gasteiger partial charge < -0.3 is 10.2 Å².